The molecule has 7 heteroatoms. The van der Waals surface area contributed by atoms with Gasteiger partial charge < -0.3 is 20.0 Å². The largest absolute Gasteiger partial charge is 0.403 e. The number of amides is 1. The van der Waals surface area contributed by atoms with Gasteiger partial charge >= 0.3 is 6.01 Å². The zero-order chi connectivity index (χ0) is 20.5. The van der Waals surface area contributed by atoms with E-state index in [2.05, 4.69) is 39.6 Å². The molecule has 0 unspecified atom stereocenters. The lowest BCUT2D eigenvalue weighted by Crippen LogP contribution is -2.25. The van der Waals surface area contributed by atoms with Crippen LogP contribution in [0.5, 0.6) is 0 Å². The zero-order valence-corrected chi connectivity index (χ0v) is 17.6. The van der Waals surface area contributed by atoms with Crippen molar-refractivity contribution in [2.24, 2.45) is 5.92 Å². The average molecular weight is 400 g/mol. The Bertz CT molecular complexity index is 749. The number of carbonyl (C=O) groups excluding carboxylic acids is 1. The van der Waals surface area contributed by atoms with Crippen molar-refractivity contribution in [2.75, 3.05) is 36.8 Å². The molecule has 0 atom stereocenters. The molecule has 0 radical (unpaired) electrons. The van der Waals surface area contributed by atoms with Crippen LogP contribution in [0.15, 0.2) is 28.7 Å². The van der Waals surface area contributed by atoms with E-state index in [9.17, 15) is 4.79 Å². The number of carbonyl (C=O) groups is 1. The third-order valence-electron chi connectivity index (χ3n) is 5.62. The molecule has 1 aromatic heterocycles. The van der Waals surface area contributed by atoms with E-state index in [4.69, 9.17) is 4.42 Å². The number of hydrogen-bond acceptors (Lipinski definition) is 6. The molecule has 3 rings (SSSR count). The van der Waals surface area contributed by atoms with Gasteiger partial charge in [-0.25, -0.2) is 0 Å². The SMILES string of the molecule is CCN(CC)CCCNc1nnc(-c2ccc(NC(=O)C3CCCCC3)cc2)o1. The number of aromatic nitrogens is 2. The monoisotopic (exact) mass is 399 g/mol. The summed E-state index contributed by atoms with van der Waals surface area (Å²) in [4.78, 5) is 14.8. The van der Waals surface area contributed by atoms with Crippen molar-refractivity contribution in [2.45, 2.75) is 52.4 Å². The molecule has 0 aliphatic heterocycles. The van der Waals surface area contributed by atoms with Gasteiger partial charge in [0.2, 0.25) is 11.8 Å². The van der Waals surface area contributed by atoms with Crippen molar-refractivity contribution in [3.05, 3.63) is 24.3 Å². The fourth-order valence-corrected chi connectivity index (χ4v) is 3.75. The summed E-state index contributed by atoms with van der Waals surface area (Å²) in [5.41, 5.74) is 1.64. The molecule has 158 valence electrons. The quantitative estimate of drug-likeness (QED) is 0.576. The van der Waals surface area contributed by atoms with Crippen molar-refractivity contribution in [1.82, 2.24) is 15.1 Å². The Labute approximate surface area is 173 Å². The smallest absolute Gasteiger partial charge is 0.315 e. The minimum absolute atomic E-state index is 0.131. The van der Waals surface area contributed by atoms with Gasteiger partial charge in [-0.1, -0.05) is 38.2 Å². The van der Waals surface area contributed by atoms with E-state index in [0.29, 0.717) is 11.9 Å². The maximum atomic E-state index is 12.4. The predicted molar refractivity (Wildman–Crippen MR) is 116 cm³/mol. The van der Waals surface area contributed by atoms with Gasteiger partial charge in [0.15, 0.2) is 0 Å². The Morgan fingerprint density at radius 1 is 1.10 bits per heavy atom. The lowest BCUT2D eigenvalue weighted by Gasteiger charge is -2.20. The maximum Gasteiger partial charge on any atom is 0.315 e. The highest BCUT2D eigenvalue weighted by Gasteiger charge is 2.21. The molecule has 2 N–H and O–H groups in total. The van der Waals surface area contributed by atoms with Gasteiger partial charge in [0, 0.05) is 23.7 Å². The molecule has 29 heavy (non-hydrogen) atoms. The van der Waals surface area contributed by atoms with Crippen LogP contribution in [0.25, 0.3) is 11.5 Å². The van der Waals surface area contributed by atoms with Gasteiger partial charge in [0.1, 0.15) is 0 Å². The number of nitrogens with zero attached hydrogens (tertiary/aromatic N) is 3. The topological polar surface area (TPSA) is 83.3 Å². The summed E-state index contributed by atoms with van der Waals surface area (Å²) in [7, 11) is 0. The van der Waals surface area contributed by atoms with Crippen LogP contribution >= 0.6 is 0 Å². The maximum absolute atomic E-state index is 12.4. The van der Waals surface area contributed by atoms with Crippen molar-refractivity contribution >= 4 is 17.6 Å². The Morgan fingerprint density at radius 3 is 2.52 bits per heavy atom. The van der Waals surface area contributed by atoms with Crippen LogP contribution < -0.4 is 10.6 Å². The Hall–Kier alpha value is -2.41. The molecule has 1 saturated carbocycles. The number of rotatable bonds is 10. The van der Waals surface area contributed by atoms with Gasteiger partial charge in [0.25, 0.3) is 0 Å². The van der Waals surface area contributed by atoms with E-state index in [1.807, 2.05) is 24.3 Å². The second-order valence-corrected chi connectivity index (χ2v) is 7.62. The minimum Gasteiger partial charge on any atom is -0.403 e. The number of benzene rings is 1. The van der Waals surface area contributed by atoms with Crippen LogP contribution in [-0.4, -0.2) is 47.2 Å². The standard InChI is InChI=1S/C22H33N5O2/c1-3-27(4-2)16-8-15-23-22-26-25-21(29-22)18-11-13-19(14-12-18)24-20(28)17-9-6-5-7-10-17/h11-14,17H,3-10,15-16H2,1-2H3,(H,23,26)(H,24,28). The zero-order valence-electron chi connectivity index (χ0n) is 17.6. The van der Waals surface area contributed by atoms with Crippen molar-refractivity contribution in [3.8, 4) is 11.5 Å². The first-order valence-electron chi connectivity index (χ1n) is 10.9. The van der Waals surface area contributed by atoms with E-state index < -0.39 is 0 Å². The fourth-order valence-electron chi connectivity index (χ4n) is 3.75. The first-order chi connectivity index (χ1) is 14.2. The molecule has 1 amide bonds. The molecule has 0 spiro atoms. The molecular formula is C22H33N5O2. The molecular weight excluding hydrogens is 366 g/mol. The summed E-state index contributed by atoms with van der Waals surface area (Å²) < 4.78 is 5.71. The van der Waals surface area contributed by atoms with Gasteiger partial charge in [-0.05, 0) is 63.2 Å². The summed E-state index contributed by atoms with van der Waals surface area (Å²) in [5.74, 6) is 0.752. The number of hydrogen-bond donors (Lipinski definition) is 2. The van der Waals surface area contributed by atoms with E-state index in [1.165, 1.54) is 6.42 Å². The molecule has 0 saturated heterocycles. The van der Waals surface area contributed by atoms with Gasteiger partial charge in [-0.15, -0.1) is 5.10 Å². The summed E-state index contributed by atoms with van der Waals surface area (Å²) in [6, 6.07) is 8.01. The molecule has 1 aromatic carbocycles. The van der Waals surface area contributed by atoms with E-state index >= 15 is 0 Å². The Balaban J connectivity index is 1.48. The van der Waals surface area contributed by atoms with Crippen LogP contribution in [0.2, 0.25) is 0 Å². The van der Waals surface area contributed by atoms with E-state index in [1.54, 1.807) is 0 Å². The molecule has 1 aliphatic carbocycles. The fraction of sp³-hybridized carbons (Fsp3) is 0.591. The molecule has 1 aliphatic rings. The third-order valence-corrected chi connectivity index (χ3v) is 5.62. The lowest BCUT2D eigenvalue weighted by molar-refractivity contribution is -0.120. The van der Waals surface area contributed by atoms with Crippen molar-refractivity contribution < 1.29 is 9.21 Å². The molecule has 0 bridgehead atoms. The van der Waals surface area contributed by atoms with Crippen molar-refractivity contribution in [3.63, 3.8) is 0 Å². The molecule has 7 nitrogen and oxygen atoms in total. The highest BCUT2D eigenvalue weighted by Crippen LogP contribution is 2.26. The summed E-state index contributed by atoms with van der Waals surface area (Å²) in [6.07, 6.45) is 6.57. The first-order valence-corrected chi connectivity index (χ1v) is 10.9. The number of anilines is 2. The van der Waals surface area contributed by atoms with E-state index in [0.717, 1.165) is 69.5 Å². The van der Waals surface area contributed by atoms with Gasteiger partial charge in [0.05, 0.1) is 0 Å². The summed E-state index contributed by atoms with van der Waals surface area (Å²) in [5, 5.41) is 14.4. The first kappa shape index (κ1) is 21.3. The van der Waals surface area contributed by atoms with Crippen LogP contribution in [-0.2, 0) is 4.79 Å². The summed E-state index contributed by atoms with van der Waals surface area (Å²) >= 11 is 0. The van der Waals surface area contributed by atoms with Crippen LogP contribution in [0, 0.1) is 5.92 Å². The van der Waals surface area contributed by atoms with Crippen LogP contribution in [0.1, 0.15) is 52.4 Å². The lowest BCUT2D eigenvalue weighted by atomic mass is 9.88. The normalized spacial score (nSPS) is 14.9. The minimum atomic E-state index is 0.131. The average Bonchev–Trinajstić information content (AvgIpc) is 3.24. The Kier molecular flexibility index (Phi) is 8.04. The van der Waals surface area contributed by atoms with Crippen LogP contribution in [0.4, 0.5) is 11.7 Å². The predicted octanol–water partition coefficient (Wildman–Crippen LogP) is 4.40. The Morgan fingerprint density at radius 2 is 1.83 bits per heavy atom. The highest BCUT2D eigenvalue weighted by atomic mass is 16.4. The second-order valence-electron chi connectivity index (χ2n) is 7.62. The molecule has 1 fully saturated rings. The number of nitrogens with one attached hydrogen (secondary N) is 2. The van der Waals surface area contributed by atoms with Crippen LogP contribution in [0.3, 0.4) is 0 Å². The molecule has 1 heterocycles. The van der Waals surface area contributed by atoms with Gasteiger partial charge in [-0.3, -0.25) is 4.79 Å². The highest BCUT2D eigenvalue weighted by molar-refractivity contribution is 5.92. The van der Waals surface area contributed by atoms with Gasteiger partial charge in [-0.2, -0.15) is 0 Å². The van der Waals surface area contributed by atoms with E-state index in [-0.39, 0.29) is 11.8 Å². The second kappa shape index (κ2) is 11.0. The third kappa shape index (κ3) is 6.29. The molecule has 2 aromatic rings. The van der Waals surface area contributed by atoms with Crippen molar-refractivity contribution in [1.29, 1.82) is 0 Å². The summed E-state index contributed by atoms with van der Waals surface area (Å²) in [6.45, 7) is 8.33.